The Bertz CT molecular complexity index is 372. The molecule has 76 valence electrons. The van der Waals surface area contributed by atoms with Crippen molar-refractivity contribution in [3.05, 3.63) is 22.2 Å². The van der Waals surface area contributed by atoms with Crippen molar-refractivity contribution >= 4 is 17.6 Å². The van der Waals surface area contributed by atoms with Gasteiger partial charge in [-0.25, -0.2) is 4.79 Å². The summed E-state index contributed by atoms with van der Waals surface area (Å²) in [5, 5.41) is 3.32. The molecule has 5 nitrogen and oxygen atoms in total. The number of aromatic nitrogens is 2. The van der Waals surface area contributed by atoms with Gasteiger partial charge in [0.25, 0.3) is 0 Å². The third-order valence-corrected chi connectivity index (χ3v) is 3.14. The van der Waals surface area contributed by atoms with Crippen LogP contribution in [0.2, 0.25) is 0 Å². The summed E-state index contributed by atoms with van der Waals surface area (Å²) in [6, 6.07) is 1.90. The van der Waals surface area contributed by atoms with Crippen LogP contribution in [0.3, 0.4) is 0 Å². The van der Waals surface area contributed by atoms with Crippen LogP contribution < -0.4 is 16.7 Å². The number of H-pyrrole nitrogens is 1. The summed E-state index contributed by atoms with van der Waals surface area (Å²) < 4.78 is 0. The van der Waals surface area contributed by atoms with Crippen molar-refractivity contribution in [2.24, 2.45) is 0 Å². The third-order valence-electron chi connectivity index (χ3n) is 2.08. The lowest BCUT2D eigenvalue weighted by Crippen LogP contribution is -2.32. The van der Waals surface area contributed by atoms with Crippen LogP contribution in [0.15, 0.2) is 10.9 Å². The molecule has 0 radical (unpaired) electrons. The number of thioether (sulfide) groups is 1. The van der Waals surface area contributed by atoms with E-state index in [0.29, 0.717) is 0 Å². The quantitative estimate of drug-likeness (QED) is 0.597. The van der Waals surface area contributed by atoms with E-state index in [1.54, 1.807) is 6.07 Å². The van der Waals surface area contributed by atoms with E-state index < -0.39 is 0 Å². The molecule has 14 heavy (non-hydrogen) atoms. The monoisotopic (exact) mass is 212 g/mol. The second-order valence-electron chi connectivity index (χ2n) is 3.15. The Morgan fingerprint density at radius 2 is 2.50 bits per heavy atom. The topological polar surface area (TPSA) is 83.8 Å². The molecule has 0 aliphatic carbocycles. The van der Waals surface area contributed by atoms with Gasteiger partial charge in [0.1, 0.15) is 5.82 Å². The summed E-state index contributed by atoms with van der Waals surface area (Å²) >= 11 is 1.86. The van der Waals surface area contributed by atoms with Gasteiger partial charge in [-0.3, -0.25) is 0 Å². The number of hydrogen-bond donors (Lipinski definition) is 3. The Hall–Kier alpha value is -1.01. The summed E-state index contributed by atoms with van der Waals surface area (Å²) in [5.41, 5.74) is 5.95. The minimum atomic E-state index is -0.377. The number of nitrogen functional groups attached to an aromatic ring is 1. The molecule has 6 heteroatoms. The summed E-state index contributed by atoms with van der Waals surface area (Å²) in [5.74, 6) is 2.35. The van der Waals surface area contributed by atoms with E-state index in [9.17, 15) is 4.79 Å². The summed E-state index contributed by atoms with van der Waals surface area (Å²) in [6.07, 6.45) is 0. The number of hydrogen-bond acceptors (Lipinski definition) is 5. The number of nitrogens with one attached hydrogen (secondary N) is 2. The number of nitrogens with two attached hydrogens (primary N) is 1. The van der Waals surface area contributed by atoms with Crippen LogP contribution in [0.25, 0.3) is 0 Å². The van der Waals surface area contributed by atoms with E-state index in [-0.39, 0.29) is 17.5 Å². The first-order valence-corrected chi connectivity index (χ1v) is 5.59. The van der Waals surface area contributed by atoms with E-state index in [1.165, 1.54) is 0 Å². The average Bonchev–Trinajstić information content (AvgIpc) is 2.18. The molecule has 1 aliphatic heterocycles. The fourth-order valence-electron chi connectivity index (χ4n) is 1.45. The molecule has 1 atom stereocenters. The van der Waals surface area contributed by atoms with Gasteiger partial charge >= 0.3 is 5.69 Å². The van der Waals surface area contributed by atoms with Crippen LogP contribution in [0.5, 0.6) is 0 Å². The number of rotatable bonds is 1. The van der Waals surface area contributed by atoms with E-state index in [4.69, 9.17) is 5.73 Å². The van der Waals surface area contributed by atoms with Gasteiger partial charge in [-0.15, -0.1) is 0 Å². The van der Waals surface area contributed by atoms with Crippen LogP contribution in [0.1, 0.15) is 11.7 Å². The van der Waals surface area contributed by atoms with Gasteiger partial charge < -0.3 is 16.0 Å². The first kappa shape index (κ1) is 9.54. The molecule has 1 unspecified atom stereocenters. The number of anilines is 1. The van der Waals surface area contributed by atoms with Crippen molar-refractivity contribution in [2.45, 2.75) is 6.04 Å². The predicted molar refractivity (Wildman–Crippen MR) is 57.3 cm³/mol. The lowest BCUT2D eigenvalue weighted by Gasteiger charge is -2.22. The van der Waals surface area contributed by atoms with Crippen molar-refractivity contribution in [1.82, 2.24) is 15.3 Å². The molecule has 1 saturated heterocycles. The second kappa shape index (κ2) is 4.02. The molecular formula is C8H12N4OS. The summed E-state index contributed by atoms with van der Waals surface area (Å²) in [7, 11) is 0. The zero-order chi connectivity index (χ0) is 9.97. The van der Waals surface area contributed by atoms with Gasteiger partial charge in [0.05, 0.1) is 6.04 Å². The molecule has 4 N–H and O–H groups in total. The normalized spacial score (nSPS) is 22.1. The largest absolute Gasteiger partial charge is 0.383 e. The highest BCUT2D eigenvalue weighted by atomic mass is 32.2. The fourth-order valence-corrected chi connectivity index (χ4v) is 2.41. The maximum atomic E-state index is 11.1. The van der Waals surface area contributed by atoms with Crippen molar-refractivity contribution in [1.29, 1.82) is 0 Å². The first-order valence-electron chi connectivity index (χ1n) is 4.43. The smallest absolute Gasteiger partial charge is 0.347 e. The highest BCUT2D eigenvalue weighted by Gasteiger charge is 2.16. The molecule has 2 heterocycles. The molecule has 2 rings (SSSR count). The molecule has 0 bridgehead atoms. The van der Waals surface area contributed by atoms with Gasteiger partial charge in [0.15, 0.2) is 0 Å². The highest BCUT2D eigenvalue weighted by Crippen LogP contribution is 2.19. The standard InChI is InChI=1S/C8H12N4OS/c9-7-3-5(11-8(13)12-7)6-4-14-2-1-10-6/h3,6,10H,1-2,4H2,(H3,9,11,12,13). The molecule has 1 aromatic heterocycles. The van der Waals surface area contributed by atoms with Gasteiger partial charge in [0.2, 0.25) is 0 Å². The van der Waals surface area contributed by atoms with E-state index >= 15 is 0 Å². The van der Waals surface area contributed by atoms with Gasteiger partial charge in [-0.05, 0) is 0 Å². The van der Waals surface area contributed by atoms with Crippen LogP contribution in [0, 0.1) is 0 Å². The van der Waals surface area contributed by atoms with Gasteiger partial charge in [0, 0.05) is 29.8 Å². The van der Waals surface area contributed by atoms with Crippen molar-refractivity contribution in [3.63, 3.8) is 0 Å². The number of aromatic amines is 1. The van der Waals surface area contributed by atoms with Crippen LogP contribution in [-0.4, -0.2) is 28.0 Å². The van der Waals surface area contributed by atoms with Crippen LogP contribution in [0.4, 0.5) is 5.82 Å². The molecule has 0 saturated carbocycles. The molecule has 1 fully saturated rings. The Kier molecular flexibility index (Phi) is 2.74. The SMILES string of the molecule is Nc1cc(C2CSCCN2)[nH]c(=O)n1. The molecule has 0 aromatic carbocycles. The minimum Gasteiger partial charge on any atom is -0.383 e. The van der Waals surface area contributed by atoms with E-state index in [1.807, 2.05) is 11.8 Å². The third kappa shape index (κ3) is 2.08. The zero-order valence-corrected chi connectivity index (χ0v) is 8.43. The van der Waals surface area contributed by atoms with E-state index in [0.717, 1.165) is 23.7 Å². The maximum absolute atomic E-state index is 11.1. The Morgan fingerprint density at radius 3 is 3.14 bits per heavy atom. The van der Waals surface area contributed by atoms with Gasteiger partial charge in [-0.1, -0.05) is 0 Å². The first-order chi connectivity index (χ1) is 6.75. The zero-order valence-electron chi connectivity index (χ0n) is 7.62. The van der Waals surface area contributed by atoms with Crippen molar-refractivity contribution < 1.29 is 0 Å². The highest BCUT2D eigenvalue weighted by molar-refractivity contribution is 7.99. The Balaban J connectivity index is 2.26. The fraction of sp³-hybridized carbons (Fsp3) is 0.500. The Labute approximate surface area is 85.5 Å². The molecule has 1 aromatic rings. The van der Waals surface area contributed by atoms with Crippen LogP contribution >= 0.6 is 11.8 Å². The molecule has 0 spiro atoms. The maximum Gasteiger partial charge on any atom is 0.347 e. The van der Waals surface area contributed by atoms with Crippen LogP contribution in [-0.2, 0) is 0 Å². The summed E-state index contributed by atoms with van der Waals surface area (Å²) in [6.45, 7) is 0.958. The average molecular weight is 212 g/mol. The minimum absolute atomic E-state index is 0.187. The molecule has 0 amide bonds. The lowest BCUT2D eigenvalue weighted by atomic mass is 10.2. The van der Waals surface area contributed by atoms with E-state index in [2.05, 4.69) is 15.3 Å². The van der Waals surface area contributed by atoms with Gasteiger partial charge in [-0.2, -0.15) is 16.7 Å². The lowest BCUT2D eigenvalue weighted by molar-refractivity contribution is 0.577. The Morgan fingerprint density at radius 1 is 1.64 bits per heavy atom. The molecular weight excluding hydrogens is 200 g/mol. The van der Waals surface area contributed by atoms with Crippen molar-refractivity contribution in [3.8, 4) is 0 Å². The predicted octanol–water partition coefficient (Wildman–Crippen LogP) is -0.270. The second-order valence-corrected chi connectivity index (χ2v) is 4.30. The summed E-state index contributed by atoms with van der Waals surface area (Å²) in [4.78, 5) is 17.3. The molecule has 1 aliphatic rings. The number of nitrogens with zero attached hydrogens (tertiary/aromatic N) is 1. The van der Waals surface area contributed by atoms with Crippen molar-refractivity contribution in [2.75, 3.05) is 23.8 Å².